The molecule has 2 heterocycles. The van der Waals surface area contributed by atoms with Gasteiger partial charge in [0, 0.05) is 5.69 Å². The van der Waals surface area contributed by atoms with Crippen LogP contribution < -0.4 is 20.1 Å². The molecule has 0 aliphatic carbocycles. The Balaban J connectivity index is 1.52. The largest absolute Gasteiger partial charge is 0.486 e. The number of carbonyl (C=O) groups is 3. The zero-order valence-electron chi connectivity index (χ0n) is 16.2. The topological polar surface area (TPSA) is 97.0 Å². The maximum atomic E-state index is 13.1. The van der Waals surface area contributed by atoms with Crippen molar-refractivity contribution >= 4 is 23.5 Å². The molecule has 0 spiro atoms. The first kappa shape index (κ1) is 18.8. The summed E-state index contributed by atoms with van der Waals surface area (Å²) in [5.41, 5.74) is 0.788. The first-order chi connectivity index (χ1) is 13.9. The molecule has 2 aliphatic heterocycles. The highest BCUT2D eigenvalue weighted by Crippen LogP contribution is 2.36. The minimum Gasteiger partial charge on any atom is -0.486 e. The second-order valence-electron chi connectivity index (χ2n) is 7.17. The summed E-state index contributed by atoms with van der Waals surface area (Å²) in [5, 5.41) is 5.43. The van der Waals surface area contributed by atoms with E-state index in [1.54, 1.807) is 37.3 Å². The number of imide groups is 1. The molecule has 0 saturated carbocycles. The van der Waals surface area contributed by atoms with E-state index in [9.17, 15) is 14.4 Å². The molecule has 2 aliphatic rings. The van der Waals surface area contributed by atoms with Gasteiger partial charge in [0.15, 0.2) is 11.5 Å². The van der Waals surface area contributed by atoms with Gasteiger partial charge in [-0.05, 0) is 43.2 Å². The smallest absolute Gasteiger partial charge is 0.325 e. The van der Waals surface area contributed by atoms with E-state index >= 15 is 0 Å². The molecule has 0 unspecified atom stereocenters. The van der Waals surface area contributed by atoms with Crippen LogP contribution in [0.4, 0.5) is 10.5 Å². The van der Waals surface area contributed by atoms with Gasteiger partial charge in [0.2, 0.25) is 5.91 Å². The Kier molecular flexibility index (Phi) is 4.62. The second-order valence-corrected chi connectivity index (χ2v) is 7.17. The SMILES string of the molecule is Cc1ccccc1NC(=O)CN1C(=O)N[C@](C)(c2ccc3c(c2)OCCO3)C1=O. The Morgan fingerprint density at radius 1 is 1.14 bits per heavy atom. The van der Waals surface area contributed by atoms with Gasteiger partial charge in [0.1, 0.15) is 25.3 Å². The third-order valence-corrected chi connectivity index (χ3v) is 5.12. The zero-order valence-corrected chi connectivity index (χ0v) is 16.2. The van der Waals surface area contributed by atoms with Crippen molar-refractivity contribution in [2.24, 2.45) is 0 Å². The lowest BCUT2D eigenvalue weighted by molar-refractivity contribution is -0.133. The molecule has 1 saturated heterocycles. The number of carbonyl (C=O) groups excluding carboxylic acids is 3. The quantitative estimate of drug-likeness (QED) is 0.774. The molecule has 29 heavy (non-hydrogen) atoms. The first-order valence-corrected chi connectivity index (χ1v) is 9.28. The molecule has 150 valence electrons. The van der Waals surface area contributed by atoms with E-state index < -0.39 is 23.4 Å². The van der Waals surface area contributed by atoms with Gasteiger partial charge in [-0.15, -0.1) is 0 Å². The molecule has 2 aromatic carbocycles. The average molecular weight is 395 g/mol. The number of aryl methyl sites for hydroxylation is 1. The fourth-order valence-electron chi connectivity index (χ4n) is 3.44. The van der Waals surface area contributed by atoms with Crippen LogP contribution in [-0.2, 0) is 15.1 Å². The summed E-state index contributed by atoms with van der Waals surface area (Å²) in [5.74, 6) is 0.163. The highest BCUT2D eigenvalue weighted by atomic mass is 16.6. The van der Waals surface area contributed by atoms with Gasteiger partial charge in [0.25, 0.3) is 5.91 Å². The van der Waals surface area contributed by atoms with E-state index in [4.69, 9.17) is 9.47 Å². The van der Waals surface area contributed by atoms with E-state index in [0.29, 0.717) is 36.0 Å². The number of rotatable bonds is 4. The molecule has 1 fully saturated rings. The lowest BCUT2D eigenvalue weighted by Crippen LogP contribution is -2.42. The van der Waals surface area contributed by atoms with Crippen LogP contribution in [0.2, 0.25) is 0 Å². The van der Waals surface area contributed by atoms with E-state index in [-0.39, 0.29) is 6.54 Å². The minimum atomic E-state index is -1.30. The maximum absolute atomic E-state index is 13.1. The Morgan fingerprint density at radius 3 is 2.62 bits per heavy atom. The van der Waals surface area contributed by atoms with Gasteiger partial charge >= 0.3 is 6.03 Å². The van der Waals surface area contributed by atoms with E-state index in [1.807, 2.05) is 19.1 Å². The Labute approximate surface area is 167 Å². The van der Waals surface area contributed by atoms with Crippen molar-refractivity contribution in [3.63, 3.8) is 0 Å². The van der Waals surface area contributed by atoms with E-state index in [1.165, 1.54) is 0 Å². The highest BCUT2D eigenvalue weighted by molar-refractivity contribution is 6.10. The summed E-state index contributed by atoms with van der Waals surface area (Å²) in [6.07, 6.45) is 0. The number of nitrogens with zero attached hydrogens (tertiary/aromatic N) is 1. The third-order valence-electron chi connectivity index (χ3n) is 5.12. The van der Waals surface area contributed by atoms with Crippen LogP contribution >= 0.6 is 0 Å². The molecule has 8 heteroatoms. The number of urea groups is 1. The van der Waals surface area contributed by atoms with Gasteiger partial charge in [-0.25, -0.2) is 4.79 Å². The van der Waals surface area contributed by atoms with Crippen LogP contribution in [0.5, 0.6) is 11.5 Å². The average Bonchev–Trinajstić information content (AvgIpc) is 2.93. The summed E-state index contributed by atoms with van der Waals surface area (Å²) in [7, 11) is 0. The number of nitrogens with one attached hydrogen (secondary N) is 2. The van der Waals surface area contributed by atoms with Crippen molar-refractivity contribution < 1.29 is 23.9 Å². The molecule has 2 aromatic rings. The normalized spacial score (nSPS) is 20.4. The van der Waals surface area contributed by atoms with Crippen LogP contribution in [0.25, 0.3) is 0 Å². The first-order valence-electron chi connectivity index (χ1n) is 9.28. The Bertz CT molecular complexity index is 1010. The molecule has 0 aromatic heterocycles. The zero-order chi connectivity index (χ0) is 20.6. The van der Waals surface area contributed by atoms with Crippen LogP contribution in [-0.4, -0.2) is 42.5 Å². The van der Waals surface area contributed by atoms with Crippen molar-refractivity contribution in [3.05, 3.63) is 53.6 Å². The summed E-state index contributed by atoms with van der Waals surface area (Å²) in [6.45, 7) is 3.97. The van der Waals surface area contributed by atoms with E-state index in [0.717, 1.165) is 10.5 Å². The fourth-order valence-corrected chi connectivity index (χ4v) is 3.44. The summed E-state index contributed by atoms with van der Waals surface area (Å²) in [4.78, 5) is 38.9. The molecule has 8 nitrogen and oxygen atoms in total. The van der Waals surface area contributed by atoms with Crippen molar-refractivity contribution in [2.75, 3.05) is 25.1 Å². The number of fused-ring (bicyclic) bond motifs is 1. The van der Waals surface area contributed by atoms with Crippen molar-refractivity contribution in [3.8, 4) is 11.5 Å². The molecule has 4 amide bonds. The molecule has 2 N–H and O–H groups in total. The molecular formula is C21H21N3O5. The summed E-state index contributed by atoms with van der Waals surface area (Å²) < 4.78 is 11.1. The Morgan fingerprint density at radius 2 is 1.86 bits per heavy atom. The van der Waals surface area contributed by atoms with Gasteiger partial charge in [-0.3, -0.25) is 14.5 Å². The van der Waals surface area contributed by atoms with Crippen LogP contribution in [0, 0.1) is 6.92 Å². The fraction of sp³-hybridized carbons (Fsp3) is 0.286. The summed E-state index contributed by atoms with van der Waals surface area (Å²) >= 11 is 0. The number of hydrogen-bond donors (Lipinski definition) is 2. The Hall–Kier alpha value is -3.55. The predicted molar refractivity (Wildman–Crippen MR) is 105 cm³/mol. The molecule has 0 bridgehead atoms. The number of amides is 4. The third kappa shape index (κ3) is 3.37. The second kappa shape index (κ2) is 7.12. The lowest BCUT2D eigenvalue weighted by atomic mass is 9.91. The maximum Gasteiger partial charge on any atom is 0.325 e. The highest BCUT2D eigenvalue weighted by Gasteiger charge is 2.49. The molecule has 1 atom stereocenters. The standard InChI is InChI=1S/C21H21N3O5/c1-13-5-3-4-6-15(13)22-18(25)12-24-19(26)21(2,23-20(24)27)14-7-8-16-17(11-14)29-10-9-28-16/h3-8,11H,9-10,12H2,1-2H3,(H,22,25)(H,23,27)/t21-/m1/s1. The van der Waals surface area contributed by atoms with Gasteiger partial charge in [-0.2, -0.15) is 0 Å². The van der Waals surface area contributed by atoms with Crippen molar-refractivity contribution in [2.45, 2.75) is 19.4 Å². The van der Waals surface area contributed by atoms with Crippen LogP contribution in [0.3, 0.4) is 0 Å². The van der Waals surface area contributed by atoms with E-state index in [2.05, 4.69) is 10.6 Å². The van der Waals surface area contributed by atoms with Gasteiger partial charge < -0.3 is 20.1 Å². The van der Waals surface area contributed by atoms with Crippen LogP contribution in [0.15, 0.2) is 42.5 Å². The molecule has 4 rings (SSSR count). The van der Waals surface area contributed by atoms with Gasteiger partial charge in [-0.1, -0.05) is 24.3 Å². The number of para-hydroxylation sites is 1. The van der Waals surface area contributed by atoms with Crippen molar-refractivity contribution in [1.29, 1.82) is 0 Å². The summed E-state index contributed by atoms with van der Waals surface area (Å²) in [6, 6.07) is 11.8. The number of hydrogen-bond acceptors (Lipinski definition) is 5. The molecule has 0 radical (unpaired) electrons. The molecular weight excluding hydrogens is 374 g/mol. The number of anilines is 1. The van der Waals surface area contributed by atoms with Gasteiger partial charge in [0.05, 0.1) is 0 Å². The van der Waals surface area contributed by atoms with Crippen molar-refractivity contribution in [1.82, 2.24) is 10.2 Å². The monoisotopic (exact) mass is 395 g/mol. The predicted octanol–water partition coefficient (Wildman–Crippen LogP) is 2.17. The van der Waals surface area contributed by atoms with Crippen LogP contribution in [0.1, 0.15) is 18.1 Å². The lowest BCUT2D eigenvalue weighted by Gasteiger charge is -2.25. The number of benzene rings is 2. The minimum absolute atomic E-state index is 0.376. The number of ether oxygens (including phenoxy) is 2.